The molecule has 0 unspecified atom stereocenters. The third-order valence-corrected chi connectivity index (χ3v) is 3.84. The highest BCUT2D eigenvalue weighted by Gasteiger charge is 2.18. The summed E-state index contributed by atoms with van der Waals surface area (Å²) < 4.78 is 10.2. The van der Waals surface area contributed by atoms with E-state index < -0.39 is 18.5 Å². The van der Waals surface area contributed by atoms with Gasteiger partial charge in [0.15, 0.2) is 13.2 Å². The minimum absolute atomic E-state index is 0.112. The predicted octanol–water partition coefficient (Wildman–Crippen LogP) is 2.14. The minimum atomic E-state index is -0.657. The number of hydrogen-bond donors (Lipinski definition) is 2. The van der Waals surface area contributed by atoms with Crippen molar-refractivity contribution in [1.82, 2.24) is 5.32 Å². The van der Waals surface area contributed by atoms with Gasteiger partial charge in [0.1, 0.15) is 5.75 Å². The molecule has 26 heavy (non-hydrogen) atoms. The first-order valence-corrected chi connectivity index (χ1v) is 8.14. The van der Waals surface area contributed by atoms with Crippen LogP contribution >= 0.6 is 11.6 Å². The summed E-state index contributed by atoms with van der Waals surface area (Å²) in [5.41, 5.74) is 1.59. The lowest BCUT2D eigenvalue weighted by Crippen LogP contribution is -2.28. The molecule has 2 aromatic rings. The lowest BCUT2D eigenvalue weighted by Gasteiger charge is -2.18. The molecule has 0 saturated heterocycles. The fraction of sp³-hybridized carbons (Fsp3) is 0.167. The minimum Gasteiger partial charge on any atom is -0.482 e. The molecule has 134 valence electrons. The van der Waals surface area contributed by atoms with Gasteiger partial charge in [0, 0.05) is 11.6 Å². The van der Waals surface area contributed by atoms with Crippen LogP contribution in [0.4, 0.5) is 5.69 Å². The summed E-state index contributed by atoms with van der Waals surface area (Å²) in [6.45, 7) is -0.209. The van der Waals surface area contributed by atoms with Crippen LogP contribution in [-0.4, -0.2) is 31.0 Å². The highest BCUT2D eigenvalue weighted by atomic mass is 35.5. The van der Waals surface area contributed by atoms with E-state index in [2.05, 4.69) is 10.6 Å². The third kappa shape index (κ3) is 4.52. The second kappa shape index (κ2) is 7.88. The molecule has 3 rings (SSSR count). The summed E-state index contributed by atoms with van der Waals surface area (Å²) in [6, 6.07) is 11.5. The SMILES string of the molecule is O=C(COC(=O)c1ccc2c(c1)OCC(=O)N2)NCc1ccc(Cl)cc1. The van der Waals surface area contributed by atoms with Crippen molar-refractivity contribution < 1.29 is 23.9 Å². The van der Waals surface area contributed by atoms with Crippen molar-refractivity contribution in [2.75, 3.05) is 18.5 Å². The number of benzene rings is 2. The molecule has 0 aliphatic carbocycles. The van der Waals surface area contributed by atoms with Crippen molar-refractivity contribution in [2.24, 2.45) is 0 Å². The Balaban J connectivity index is 1.49. The van der Waals surface area contributed by atoms with Crippen LogP contribution in [0.5, 0.6) is 5.75 Å². The van der Waals surface area contributed by atoms with Crippen LogP contribution in [0.1, 0.15) is 15.9 Å². The van der Waals surface area contributed by atoms with Gasteiger partial charge in [-0.15, -0.1) is 0 Å². The largest absolute Gasteiger partial charge is 0.482 e. The molecule has 2 N–H and O–H groups in total. The van der Waals surface area contributed by atoms with Crippen LogP contribution in [0.3, 0.4) is 0 Å². The summed E-state index contributed by atoms with van der Waals surface area (Å²) in [5, 5.41) is 5.89. The van der Waals surface area contributed by atoms with E-state index in [0.29, 0.717) is 23.0 Å². The monoisotopic (exact) mass is 374 g/mol. The zero-order valence-electron chi connectivity index (χ0n) is 13.6. The molecule has 0 fully saturated rings. The van der Waals surface area contributed by atoms with Gasteiger partial charge in [-0.1, -0.05) is 23.7 Å². The quantitative estimate of drug-likeness (QED) is 0.782. The van der Waals surface area contributed by atoms with E-state index in [9.17, 15) is 14.4 Å². The number of hydrogen-bond acceptors (Lipinski definition) is 5. The summed E-state index contributed by atoms with van der Waals surface area (Å²) in [6.07, 6.45) is 0. The van der Waals surface area contributed by atoms with Gasteiger partial charge in [-0.25, -0.2) is 4.79 Å². The van der Waals surface area contributed by atoms with Crippen LogP contribution < -0.4 is 15.4 Å². The summed E-state index contributed by atoms with van der Waals surface area (Å²) in [4.78, 5) is 35.1. The predicted molar refractivity (Wildman–Crippen MR) is 94.1 cm³/mol. The Labute approximate surface area is 154 Å². The van der Waals surface area contributed by atoms with Crippen molar-refractivity contribution in [3.63, 3.8) is 0 Å². The highest BCUT2D eigenvalue weighted by Crippen LogP contribution is 2.28. The average Bonchev–Trinajstić information content (AvgIpc) is 2.65. The van der Waals surface area contributed by atoms with Gasteiger partial charge >= 0.3 is 5.97 Å². The molecule has 0 bridgehead atoms. The van der Waals surface area contributed by atoms with E-state index in [1.165, 1.54) is 12.1 Å². The zero-order chi connectivity index (χ0) is 18.5. The summed E-state index contributed by atoms with van der Waals surface area (Å²) in [5.74, 6) is -0.957. The molecular weight excluding hydrogens is 360 g/mol. The van der Waals surface area contributed by atoms with Crippen LogP contribution in [0.2, 0.25) is 5.02 Å². The number of amides is 2. The molecule has 0 atom stereocenters. The Morgan fingerprint density at radius 2 is 1.96 bits per heavy atom. The molecule has 1 heterocycles. The van der Waals surface area contributed by atoms with Crippen molar-refractivity contribution >= 4 is 35.1 Å². The molecule has 0 aromatic heterocycles. The van der Waals surface area contributed by atoms with E-state index in [4.69, 9.17) is 21.1 Å². The fourth-order valence-corrected chi connectivity index (χ4v) is 2.40. The number of rotatable bonds is 5. The van der Waals surface area contributed by atoms with Gasteiger partial charge in [-0.2, -0.15) is 0 Å². The van der Waals surface area contributed by atoms with Crippen molar-refractivity contribution in [3.8, 4) is 5.75 Å². The first-order chi connectivity index (χ1) is 12.5. The molecule has 0 saturated carbocycles. The number of anilines is 1. The molecule has 8 heteroatoms. The number of carbonyl (C=O) groups excluding carboxylic acids is 3. The number of carbonyl (C=O) groups is 3. The first-order valence-electron chi connectivity index (χ1n) is 7.76. The van der Waals surface area contributed by atoms with E-state index in [-0.39, 0.29) is 18.1 Å². The standard InChI is InChI=1S/C18H15ClN2O5/c19-13-4-1-11(2-5-13)8-20-16(22)9-26-18(24)12-3-6-14-15(7-12)25-10-17(23)21-14/h1-7H,8-10H2,(H,20,22)(H,21,23). The number of esters is 1. The lowest BCUT2D eigenvalue weighted by molar-refractivity contribution is -0.124. The third-order valence-electron chi connectivity index (χ3n) is 3.59. The molecule has 2 amide bonds. The van der Waals surface area contributed by atoms with Crippen LogP contribution in [0.25, 0.3) is 0 Å². The molecule has 1 aliphatic rings. The van der Waals surface area contributed by atoms with E-state index in [1.54, 1.807) is 30.3 Å². The molecule has 0 radical (unpaired) electrons. The van der Waals surface area contributed by atoms with Gasteiger partial charge in [-0.3, -0.25) is 9.59 Å². The average molecular weight is 375 g/mol. The Hall–Kier alpha value is -3.06. The topological polar surface area (TPSA) is 93.7 Å². The maximum atomic E-state index is 12.1. The van der Waals surface area contributed by atoms with Gasteiger partial charge in [-0.05, 0) is 35.9 Å². The smallest absolute Gasteiger partial charge is 0.338 e. The van der Waals surface area contributed by atoms with Crippen molar-refractivity contribution in [3.05, 3.63) is 58.6 Å². The second-order valence-corrected chi connectivity index (χ2v) is 5.96. The molecule has 1 aliphatic heterocycles. The van der Waals surface area contributed by atoms with E-state index >= 15 is 0 Å². The van der Waals surface area contributed by atoms with Gasteiger partial charge in [0.25, 0.3) is 11.8 Å². The van der Waals surface area contributed by atoms with Gasteiger partial charge < -0.3 is 20.1 Å². The highest BCUT2D eigenvalue weighted by molar-refractivity contribution is 6.30. The Bertz CT molecular complexity index is 851. The number of halogens is 1. The van der Waals surface area contributed by atoms with Gasteiger partial charge in [0.05, 0.1) is 11.3 Å². The second-order valence-electron chi connectivity index (χ2n) is 5.53. The number of nitrogens with one attached hydrogen (secondary N) is 2. The summed E-state index contributed by atoms with van der Waals surface area (Å²) in [7, 11) is 0. The maximum absolute atomic E-state index is 12.1. The first kappa shape index (κ1) is 17.8. The Morgan fingerprint density at radius 3 is 2.73 bits per heavy atom. The van der Waals surface area contributed by atoms with Crippen LogP contribution in [0, 0.1) is 0 Å². The molecule has 2 aromatic carbocycles. The zero-order valence-corrected chi connectivity index (χ0v) is 14.3. The maximum Gasteiger partial charge on any atom is 0.338 e. The lowest BCUT2D eigenvalue weighted by atomic mass is 10.1. The van der Waals surface area contributed by atoms with Gasteiger partial charge in [0.2, 0.25) is 0 Å². The van der Waals surface area contributed by atoms with Crippen LogP contribution in [0.15, 0.2) is 42.5 Å². The normalized spacial score (nSPS) is 12.4. The van der Waals surface area contributed by atoms with Crippen molar-refractivity contribution in [1.29, 1.82) is 0 Å². The molecule has 0 spiro atoms. The Kier molecular flexibility index (Phi) is 5.38. The van der Waals surface area contributed by atoms with E-state index in [1.807, 2.05) is 0 Å². The van der Waals surface area contributed by atoms with Crippen LogP contribution in [-0.2, 0) is 20.9 Å². The number of fused-ring (bicyclic) bond motifs is 1. The van der Waals surface area contributed by atoms with E-state index in [0.717, 1.165) is 5.56 Å². The molecular formula is C18H15ClN2O5. The fourth-order valence-electron chi connectivity index (χ4n) is 2.27. The molecule has 7 nitrogen and oxygen atoms in total. The Morgan fingerprint density at radius 1 is 1.19 bits per heavy atom. The number of ether oxygens (including phenoxy) is 2. The van der Waals surface area contributed by atoms with Crippen molar-refractivity contribution in [2.45, 2.75) is 6.54 Å². The summed E-state index contributed by atoms with van der Waals surface area (Å²) >= 11 is 5.79.